The monoisotopic (exact) mass is 359 g/mol. The second kappa shape index (κ2) is 7.89. The van der Waals surface area contributed by atoms with Crippen LogP contribution in [0.1, 0.15) is 33.4 Å². The molecule has 1 amide bonds. The first kappa shape index (κ1) is 19.3. The van der Waals surface area contributed by atoms with Gasteiger partial charge >= 0.3 is 11.8 Å². The number of nitrogens with one attached hydrogen (secondary N) is 1. The van der Waals surface area contributed by atoms with Gasteiger partial charge in [-0.05, 0) is 19.3 Å². The molecule has 2 heterocycles. The van der Waals surface area contributed by atoms with Gasteiger partial charge in [0, 0.05) is 0 Å². The van der Waals surface area contributed by atoms with Crippen molar-refractivity contribution in [1.82, 2.24) is 9.55 Å². The van der Waals surface area contributed by atoms with Crippen LogP contribution in [0.2, 0.25) is 0 Å². The van der Waals surface area contributed by atoms with Crippen molar-refractivity contribution in [2.45, 2.75) is 51.7 Å². The van der Waals surface area contributed by atoms with Crippen LogP contribution >= 0.6 is 0 Å². The van der Waals surface area contributed by atoms with E-state index < -0.39 is 48.0 Å². The number of aliphatic hydroxyl groups is 2. The fourth-order valence-corrected chi connectivity index (χ4v) is 2.29. The maximum atomic E-state index is 14.1. The van der Waals surface area contributed by atoms with E-state index in [1.54, 1.807) is 0 Å². The van der Waals surface area contributed by atoms with Crippen LogP contribution < -0.4 is 11.0 Å². The molecule has 1 aliphatic rings. The number of rotatable bonds is 5. The molecule has 0 radical (unpaired) electrons. The molecule has 1 unspecified atom stereocenters. The molecule has 1 aliphatic heterocycles. The zero-order valence-corrected chi connectivity index (χ0v) is 14.2. The molecule has 1 aromatic rings. The Morgan fingerprint density at radius 3 is 2.72 bits per heavy atom. The largest absolute Gasteiger partial charge is 0.449 e. The molecule has 0 aromatic carbocycles. The topological polar surface area (TPSA) is 123 Å². The first-order valence-corrected chi connectivity index (χ1v) is 7.94. The van der Waals surface area contributed by atoms with Gasteiger partial charge in [0.05, 0.1) is 18.9 Å². The van der Waals surface area contributed by atoms with Crippen molar-refractivity contribution < 1.29 is 28.9 Å². The van der Waals surface area contributed by atoms with Crippen LogP contribution in [-0.2, 0) is 9.47 Å². The zero-order chi connectivity index (χ0) is 18.7. The third-order valence-corrected chi connectivity index (χ3v) is 3.81. The summed E-state index contributed by atoms with van der Waals surface area (Å²) in [5, 5.41) is 21.6. The van der Waals surface area contributed by atoms with E-state index in [1.807, 2.05) is 13.8 Å². The van der Waals surface area contributed by atoms with Crippen LogP contribution in [0.5, 0.6) is 0 Å². The highest BCUT2D eigenvalue weighted by Crippen LogP contribution is 2.28. The van der Waals surface area contributed by atoms with E-state index in [1.165, 1.54) is 6.92 Å². The summed E-state index contributed by atoms with van der Waals surface area (Å²) >= 11 is 0. The fourth-order valence-electron chi connectivity index (χ4n) is 2.29. The van der Waals surface area contributed by atoms with Crippen molar-refractivity contribution in [2.75, 3.05) is 11.9 Å². The van der Waals surface area contributed by atoms with Gasteiger partial charge < -0.3 is 19.7 Å². The molecule has 10 heteroatoms. The Morgan fingerprint density at radius 1 is 1.48 bits per heavy atom. The van der Waals surface area contributed by atoms with Crippen molar-refractivity contribution in [3.05, 3.63) is 22.5 Å². The maximum Gasteiger partial charge on any atom is 0.412 e. The first-order chi connectivity index (χ1) is 11.7. The summed E-state index contributed by atoms with van der Waals surface area (Å²) in [6.07, 6.45) is -4.16. The van der Waals surface area contributed by atoms with Gasteiger partial charge in [-0.1, -0.05) is 13.8 Å². The third-order valence-electron chi connectivity index (χ3n) is 3.81. The summed E-state index contributed by atoms with van der Waals surface area (Å²) in [4.78, 5) is 27.1. The number of halogens is 1. The second-order valence-corrected chi connectivity index (χ2v) is 6.28. The van der Waals surface area contributed by atoms with Gasteiger partial charge in [0.25, 0.3) is 0 Å². The molecule has 1 aromatic heterocycles. The van der Waals surface area contributed by atoms with Gasteiger partial charge in [-0.2, -0.15) is 4.98 Å². The minimum atomic E-state index is -1.41. The summed E-state index contributed by atoms with van der Waals surface area (Å²) in [7, 11) is 0. The molecule has 140 valence electrons. The first-order valence-electron chi connectivity index (χ1n) is 7.94. The SMILES string of the molecule is CC(C)CCOC(=O)Nc1nc(=O)n([C@@H]2O[C@H](C)[C@H](O)C2O)cc1F. The fraction of sp³-hybridized carbons (Fsp3) is 0.667. The van der Waals surface area contributed by atoms with Crippen molar-refractivity contribution in [2.24, 2.45) is 5.92 Å². The number of carbonyl (C=O) groups excluding carboxylic acids is 1. The second-order valence-electron chi connectivity index (χ2n) is 6.28. The Hall–Kier alpha value is -2.04. The lowest BCUT2D eigenvalue weighted by molar-refractivity contribution is -0.0355. The van der Waals surface area contributed by atoms with Gasteiger partial charge in [-0.3, -0.25) is 9.88 Å². The highest BCUT2D eigenvalue weighted by Gasteiger charge is 2.42. The van der Waals surface area contributed by atoms with Gasteiger partial charge in [-0.15, -0.1) is 0 Å². The number of aromatic nitrogens is 2. The van der Waals surface area contributed by atoms with Crippen molar-refractivity contribution in [3.63, 3.8) is 0 Å². The Labute approximate surface area is 143 Å². The molecule has 2 rings (SSSR count). The van der Waals surface area contributed by atoms with Gasteiger partial charge in [0.1, 0.15) is 12.2 Å². The lowest BCUT2D eigenvalue weighted by atomic mass is 10.1. The predicted octanol–water partition coefficient (Wildman–Crippen LogP) is 0.616. The van der Waals surface area contributed by atoms with E-state index in [2.05, 4.69) is 10.3 Å². The highest BCUT2D eigenvalue weighted by molar-refractivity contribution is 5.83. The number of ether oxygens (including phenoxy) is 2. The Morgan fingerprint density at radius 2 is 2.16 bits per heavy atom. The van der Waals surface area contributed by atoms with E-state index in [0.29, 0.717) is 12.3 Å². The van der Waals surface area contributed by atoms with E-state index in [-0.39, 0.29) is 6.61 Å². The molecule has 1 fully saturated rings. The summed E-state index contributed by atoms with van der Waals surface area (Å²) in [5.41, 5.74) is -0.954. The number of hydrogen-bond donors (Lipinski definition) is 3. The summed E-state index contributed by atoms with van der Waals surface area (Å²) in [5.74, 6) is -1.26. The molecule has 0 spiro atoms. The molecule has 9 nitrogen and oxygen atoms in total. The number of carbonyl (C=O) groups is 1. The molecule has 0 saturated carbocycles. The van der Waals surface area contributed by atoms with Gasteiger partial charge in [0.2, 0.25) is 0 Å². The molecule has 1 saturated heterocycles. The average Bonchev–Trinajstić information content (AvgIpc) is 2.77. The Bertz CT molecular complexity index is 680. The predicted molar refractivity (Wildman–Crippen MR) is 84.5 cm³/mol. The summed E-state index contributed by atoms with van der Waals surface area (Å²) in [6.45, 7) is 5.57. The standard InChI is InChI=1S/C15H22FN3O6/c1-7(2)4-5-24-15(23)18-12-9(16)6-19(14(22)17-12)13-11(21)10(20)8(3)25-13/h6-8,10-11,13,20-21H,4-5H2,1-3H3,(H,17,18,22,23)/t8-,10+,11?,13-/m1/s1. The molecular weight excluding hydrogens is 337 g/mol. The molecular formula is C15H22FN3O6. The molecule has 4 atom stereocenters. The molecule has 25 heavy (non-hydrogen) atoms. The highest BCUT2D eigenvalue weighted by atomic mass is 19.1. The molecule has 0 aliphatic carbocycles. The van der Waals surface area contributed by atoms with Gasteiger partial charge in [-0.25, -0.2) is 14.0 Å². The van der Waals surface area contributed by atoms with Crippen LogP contribution in [-0.4, -0.2) is 50.8 Å². The third kappa shape index (κ3) is 4.53. The van der Waals surface area contributed by atoms with Gasteiger partial charge in [0.15, 0.2) is 17.9 Å². The van der Waals surface area contributed by atoms with E-state index >= 15 is 0 Å². The minimum absolute atomic E-state index is 0.153. The average molecular weight is 359 g/mol. The van der Waals surface area contributed by atoms with Crippen LogP contribution in [0.25, 0.3) is 0 Å². The van der Waals surface area contributed by atoms with Crippen LogP contribution in [0.3, 0.4) is 0 Å². The van der Waals surface area contributed by atoms with Crippen LogP contribution in [0.15, 0.2) is 11.0 Å². The summed E-state index contributed by atoms with van der Waals surface area (Å²) in [6, 6.07) is 0. The molecule has 3 N–H and O–H groups in total. The van der Waals surface area contributed by atoms with E-state index in [0.717, 1.165) is 10.8 Å². The lowest BCUT2D eigenvalue weighted by Gasteiger charge is -2.17. The summed E-state index contributed by atoms with van der Waals surface area (Å²) < 4.78 is 25.0. The number of aliphatic hydroxyl groups excluding tert-OH is 2. The number of nitrogens with zero attached hydrogens (tertiary/aromatic N) is 2. The van der Waals surface area contributed by atoms with E-state index in [4.69, 9.17) is 9.47 Å². The molecule has 0 bridgehead atoms. The Kier molecular flexibility index (Phi) is 6.09. The van der Waals surface area contributed by atoms with Crippen molar-refractivity contribution in [3.8, 4) is 0 Å². The zero-order valence-electron chi connectivity index (χ0n) is 14.2. The van der Waals surface area contributed by atoms with E-state index in [9.17, 15) is 24.2 Å². The minimum Gasteiger partial charge on any atom is -0.449 e. The number of hydrogen-bond acceptors (Lipinski definition) is 7. The number of amides is 1. The van der Waals surface area contributed by atoms with Crippen LogP contribution in [0.4, 0.5) is 15.0 Å². The van der Waals surface area contributed by atoms with Crippen molar-refractivity contribution in [1.29, 1.82) is 0 Å². The Balaban J connectivity index is 2.10. The quantitative estimate of drug-likeness (QED) is 0.704. The van der Waals surface area contributed by atoms with Crippen molar-refractivity contribution >= 4 is 11.9 Å². The normalized spacial score (nSPS) is 26.0. The lowest BCUT2D eigenvalue weighted by Crippen LogP contribution is -2.36. The smallest absolute Gasteiger partial charge is 0.412 e. The maximum absolute atomic E-state index is 14.1. The van der Waals surface area contributed by atoms with Crippen LogP contribution in [0, 0.1) is 11.7 Å². The number of anilines is 1.